The largest absolute Gasteiger partial charge is 0.488 e. The monoisotopic (exact) mass is 576 g/mol. The van der Waals surface area contributed by atoms with E-state index in [1.54, 1.807) is 0 Å². The van der Waals surface area contributed by atoms with Gasteiger partial charge in [-0.2, -0.15) is 26.3 Å². The molecule has 0 aliphatic carbocycles. The standard InChI is InChI=1S/C25H22F6N2O3S2/c1-33-12-11-18(15-33)36-23-14-17(5-10-22(23)25(29,30)31)32-38(34,35)21-8-6-19(7-9-21)37-20-4-2-3-16(13-20)24(26,27)28/h2-10,13-14,18,32H,11-12,15H2,1H3. The van der Waals surface area contributed by atoms with Crippen molar-refractivity contribution in [3.8, 4) is 5.75 Å². The Labute approximate surface area is 219 Å². The number of likely N-dealkylation sites (tertiary alicyclic amines) is 1. The van der Waals surface area contributed by atoms with Crippen LogP contribution >= 0.6 is 11.8 Å². The zero-order valence-electron chi connectivity index (χ0n) is 19.8. The van der Waals surface area contributed by atoms with E-state index in [-0.39, 0.29) is 10.6 Å². The number of likely N-dealkylation sites (N-methyl/N-ethyl adjacent to an activating group) is 1. The highest BCUT2D eigenvalue weighted by Gasteiger charge is 2.36. The van der Waals surface area contributed by atoms with Gasteiger partial charge in [0.15, 0.2) is 0 Å². The van der Waals surface area contributed by atoms with Gasteiger partial charge in [-0.15, -0.1) is 0 Å². The zero-order chi connectivity index (χ0) is 27.7. The molecule has 3 aromatic carbocycles. The summed E-state index contributed by atoms with van der Waals surface area (Å²) in [7, 11) is -2.36. The van der Waals surface area contributed by atoms with Gasteiger partial charge < -0.3 is 9.64 Å². The predicted octanol–water partition coefficient (Wildman–Crippen LogP) is 6.76. The smallest absolute Gasteiger partial charge is 0.419 e. The second-order valence-electron chi connectivity index (χ2n) is 8.70. The average molecular weight is 577 g/mol. The first kappa shape index (κ1) is 28.1. The molecule has 1 unspecified atom stereocenters. The van der Waals surface area contributed by atoms with Crippen molar-refractivity contribution in [2.75, 3.05) is 24.9 Å². The number of rotatable bonds is 7. The van der Waals surface area contributed by atoms with Crippen LogP contribution < -0.4 is 9.46 Å². The second kappa shape index (κ2) is 10.7. The van der Waals surface area contributed by atoms with Crippen molar-refractivity contribution in [1.29, 1.82) is 0 Å². The molecule has 0 radical (unpaired) electrons. The molecule has 13 heteroatoms. The summed E-state index contributed by atoms with van der Waals surface area (Å²) in [6, 6.07) is 12.9. The third-order valence-electron chi connectivity index (χ3n) is 5.71. The van der Waals surface area contributed by atoms with Crippen molar-refractivity contribution in [2.24, 2.45) is 0 Å². The van der Waals surface area contributed by atoms with Gasteiger partial charge in [0, 0.05) is 28.9 Å². The fourth-order valence-corrected chi connectivity index (χ4v) is 5.79. The number of halogens is 6. The fourth-order valence-electron chi connectivity index (χ4n) is 3.86. The number of alkyl halides is 6. The maximum atomic E-state index is 13.5. The summed E-state index contributed by atoms with van der Waals surface area (Å²) in [6.45, 7) is 1.11. The molecule has 4 rings (SSSR count). The van der Waals surface area contributed by atoms with Gasteiger partial charge in [0.05, 0.1) is 21.7 Å². The predicted molar refractivity (Wildman–Crippen MR) is 131 cm³/mol. The fraction of sp³-hybridized carbons (Fsp3) is 0.280. The van der Waals surface area contributed by atoms with Crippen LogP contribution in [0.2, 0.25) is 0 Å². The lowest BCUT2D eigenvalue weighted by Crippen LogP contribution is -2.23. The normalized spacial score (nSPS) is 17.0. The van der Waals surface area contributed by atoms with E-state index >= 15 is 0 Å². The Balaban J connectivity index is 1.51. The Morgan fingerprint density at radius 3 is 2.24 bits per heavy atom. The van der Waals surface area contributed by atoms with Gasteiger partial charge in [-0.25, -0.2) is 8.42 Å². The zero-order valence-corrected chi connectivity index (χ0v) is 21.4. The third kappa shape index (κ3) is 6.94. The van der Waals surface area contributed by atoms with E-state index in [0.29, 0.717) is 29.3 Å². The highest BCUT2D eigenvalue weighted by atomic mass is 32.2. The van der Waals surface area contributed by atoms with Crippen molar-refractivity contribution in [2.45, 2.75) is 39.6 Å². The highest BCUT2D eigenvalue weighted by molar-refractivity contribution is 7.99. The molecule has 0 saturated carbocycles. The number of hydrogen-bond donors (Lipinski definition) is 1. The maximum Gasteiger partial charge on any atom is 0.419 e. The molecular weight excluding hydrogens is 554 g/mol. The summed E-state index contributed by atoms with van der Waals surface area (Å²) in [4.78, 5) is 2.56. The molecule has 1 atom stereocenters. The summed E-state index contributed by atoms with van der Waals surface area (Å²) >= 11 is 1.02. The molecule has 1 heterocycles. The molecule has 1 fully saturated rings. The SMILES string of the molecule is CN1CCC(Oc2cc(NS(=O)(=O)c3ccc(Sc4cccc(C(F)(F)F)c4)cc3)ccc2C(F)(F)F)C1. The van der Waals surface area contributed by atoms with Crippen LogP contribution in [0, 0.1) is 0 Å². The van der Waals surface area contributed by atoms with Gasteiger partial charge in [0.25, 0.3) is 10.0 Å². The number of ether oxygens (including phenoxy) is 1. The van der Waals surface area contributed by atoms with Gasteiger partial charge in [0.2, 0.25) is 0 Å². The Kier molecular flexibility index (Phi) is 7.91. The molecule has 3 aromatic rings. The van der Waals surface area contributed by atoms with E-state index in [4.69, 9.17) is 4.74 Å². The van der Waals surface area contributed by atoms with Crippen LogP contribution in [0.15, 0.2) is 81.4 Å². The van der Waals surface area contributed by atoms with Crippen LogP contribution in [0.1, 0.15) is 17.5 Å². The average Bonchev–Trinajstić information content (AvgIpc) is 3.22. The van der Waals surface area contributed by atoms with Crippen molar-refractivity contribution < 1.29 is 39.5 Å². The van der Waals surface area contributed by atoms with Crippen LogP contribution in [0.5, 0.6) is 5.75 Å². The van der Waals surface area contributed by atoms with E-state index in [0.717, 1.165) is 42.1 Å². The lowest BCUT2D eigenvalue weighted by Gasteiger charge is -2.19. The lowest BCUT2D eigenvalue weighted by atomic mass is 10.1. The highest BCUT2D eigenvalue weighted by Crippen LogP contribution is 2.39. The summed E-state index contributed by atoms with van der Waals surface area (Å²) in [5.74, 6) is -0.467. The number of benzene rings is 3. The van der Waals surface area contributed by atoms with E-state index in [1.165, 1.54) is 36.4 Å². The molecule has 1 saturated heterocycles. The molecule has 1 aliphatic heterocycles. The summed E-state index contributed by atoms with van der Waals surface area (Å²) in [6.07, 6.45) is -9.11. The second-order valence-corrected chi connectivity index (χ2v) is 11.5. The van der Waals surface area contributed by atoms with Crippen molar-refractivity contribution in [3.63, 3.8) is 0 Å². The minimum absolute atomic E-state index is 0.109. The topological polar surface area (TPSA) is 58.6 Å². The van der Waals surface area contributed by atoms with Gasteiger partial charge >= 0.3 is 12.4 Å². The number of hydrogen-bond acceptors (Lipinski definition) is 5. The Morgan fingerprint density at radius 2 is 1.63 bits per heavy atom. The molecule has 0 amide bonds. The lowest BCUT2D eigenvalue weighted by molar-refractivity contribution is -0.139. The Hall–Kier alpha value is -2.90. The van der Waals surface area contributed by atoms with Crippen molar-refractivity contribution in [3.05, 3.63) is 77.9 Å². The van der Waals surface area contributed by atoms with Crippen LogP contribution in [-0.4, -0.2) is 39.6 Å². The number of nitrogens with one attached hydrogen (secondary N) is 1. The maximum absolute atomic E-state index is 13.5. The molecule has 0 spiro atoms. The molecule has 0 bridgehead atoms. The Bertz CT molecular complexity index is 1390. The van der Waals surface area contributed by atoms with Gasteiger partial charge in [-0.1, -0.05) is 17.8 Å². The van der Waals surface area contributed by atoms with Crippen molar-refractivity contribution in [1.82, 2.24) is 4.90 Å². The minimum Gasteiger partial charge on any atom is -0.488 e. The molecular formula is C25H22F6N2O3S2. The van der Waals surface area contributed by atoms with Gasteiger partial charge in [-0.05, 0) is 68.1 Å². The molecule has 1 aliphatic rings. The molecule has 5 nitrogen and oxygen atoms in total. The van der Waals surface area contributed by atoms with Gasteiger partial charge in [-0.3, -0.25) is 4.72 Å². The molecule has 204 valence electrons. The molecule has 38 heavy (non-hydrogen) atoms. The minimum atomic E-state index is -4.69. The number of sulfonamides is 1. The first-order valence-electron chi connectivity index (χ1n) is 11.3. The van der Waals surface area contributed by atoms with Crippen LogP contribution in [-0.2, 0) is 22.4 Å². The number of nitrogens with zero attached hydrogens (tertiary/aromatic N) is 1. The van der Waals surface area contributed by atoms with E-state index in [9.17, 15) is 34.8 Å². The van der Waals surface area contributed by atoms with E-state index < -0.39 is 45.4 Å². The van der Waals surface area contributed by atoms with E-state index in [2.05, 4.69) is 4.72 Å². The van der Waals surface area contributed by atoms with Gasteiger partial charge in [0.1, 0.15) is 11.9 Å². The van der Waals surface area contributed by atoms with Crippen LogP contribution in [0.25, 0.3) is 0 Å². The summed E-state index contributed by atoms with van der Waals surface area (Å²) in [5.41, 5.74) is -1.92. The molecule has 0 aromatic heterocycles. The quantitative estimate of drug-likeness (QED) is 0.315. The Morgan fingerprint density at radius 1 is 0.921 bits per heavy atom. The number of anilines is 1. The third-order valence-corrected chi connectivity index (χ3v) is 8.11. The van der Waals surface area contributed by atoms with Crippen LogP contribution in [0.4, 0.5) is 32.0 Å². The van der Waals surface area contributed by atoms with Crippen molar-refractivity contribution >= 4 is 27.5 Å². The van der Waals surface area contributed by atoms with E-state index in [1.807, 2.05) is 11.9 Å². The van der Waals surface area contributed by atoms with Crippen LogP contribution in [0.3, 0.4) is 0 Å². The first-order chi connectivity index (χ1) is 17.7. The molecule has 1 N–H and O–H groups in total. The first-order valence-corrected chi connectivity index (χ1v) is 13.6. The summed E-state index contributed by atoms with van der Waals surface area (Å²) in [5, 5.41) is 0. The summed E-state index contributed by atoms with van der Waals surface area (Å²) < 4.78 is 113.